The van der Waals surface area contributed by atoms with Crippen molar-refractivity contribution in [3.8, 4) is 11.6 Å². The summed E-state index contributed by atoms with van der Waals surface area (Å²) in [5.74, 6) is 0.569. The molecule has 4 nitrogen and oxygen atoms in total. The first kappa shape index (κ1) is 18.9. The number of aromatic nitrogens is 1. The van der Waals surface area contributed by atoms with Crippen LogP contribution in [-0.4, -0.2) is 10.9 Å². The number of nitrogens with one attached hydrogen (secondary N) is 1. The fourth-order valence-corrected chi connectivity index (χ4v) is 2.80. The number of amides is 1. The van der Waals surface area contributed by atoms with Crippen LogP contribution in [-0.2, 0) is 17.8 Å². The second kappa shape index (κ2) is 9.14. The highest BCUT2D eigenvalue weighted by atomic mass is 35.5. The lowest BCUT2D eigenvalue weighted by Gasteiger charge is -2.09. The smallest absolute Gasteiger partial charge is 0.220 e. The third-order valence-electron chi connectivity index (χ3n) is 3.91. The van der Waals surface area contributed by atoms with E-state index >= 15 is 0 Å². The van der Waals surface area contributed by atoms with Gasteiger partial charge in [0, 0.05) is 35.8 Å². The quantitative estimate of drug-likeness (QED) is 0.629. The zero-order chi connectivity index (χ0) is 19.1. The molecule has 3 rings (SSSR count). The SMILES string of the molecule is O=C(CCc1c(F)cccc1Cl)NCc1cccc(Oc2ccccn2)c1. The van der Waals surface area contributed by atoms with Crippen LogP contribution >= 0.6 is 11.6 Å². The van der Waals surface area contributed by atoms with Crippen molar-refractivity contribution in [2.45, 2.75) is 19.4 Å². The summed E-state index contributed by atoms with van der Waals surface area (Å²) in [7, 11) is 0. The standard InChI is InChI=1S/C21H18ClFN2O2/c22-18-7-4-8-19(23)17(18)10-11-20(26)25-14-15-5-3-6-16(13-15)27-21-9-1-2-12-24-21/h1-9,12-13H,10-11,14H2,(H,25,26). The zero-order valence-corrected chi connectivity index (χ0v) is 15.2. The maximum atomic E-state index is 13.7. The van der Waals surface area contributed by atoms with Gasteiger partial charge in [0.05, 0.1) is 0 Å². The lowest BCUT2D eigenvalue weighted by atomic mass is 10.1. The average Bonchev–Trinajstić information content (AvgIpc) is 2.67. The molecule has 1 aromatic heterocycles. The molecule has 0 saturated heterocycles. The van der Waals surface area contributed by atoms with Crippen molar-refractivity contribution < 1.29 is 13.9 Å². The number of pyridine rings is 1. The summed E-state index contributed by atoms with van der Waals surface area (Å²) in [6.45, 7) is 0.350. The van der Waals surface area contributed by atoms with E-state index in [9.17, 15) is 9.18 Å². The minimum absolute atomic E-state index is 0.158. The summed E-state index contributed by atoms with van der Waals surface area (Å²) >= 11 is 5.98. The summed E-state index contributed by atoms with van der Waals surface area (Å²) in [4.78, 5) is 16.2. The maximum Gasteiger partial charge on any atom is 0.220 e. The summed E-state index contributed by atoms with van der Waals surface area (Å²) in [6.07, 6.45) is 2.06. The lowest BCUT2D eigenvalue weighted by molar-refractivity contribution is -0.121. The van der Waals surface area contributed by atoms with Crippen molar-refractivity contribution >= 4 is 17.5 Å². The Bertz CT molecular complexity index is 899. The highest BCUT2D eigenvalue weighted by molar-refractivity contribution is 6.31. The van der Waals surface area contributed by atoms with E-state index in [0.717, 1.165) is 5.56 Å². The molecule has 6 heteroatoms. The van der Waals surface area contributed by atoms with Crippen LogP contribution in [0.3, 0.4) is 0 Å². The van der Waals surface area contributed by atoms with Crippen LogP contribution in [0.2, 0.25) is 5.02 Å². The number of rotatable bonds is 7. The molecule has 138 valence electrons. The van der Waals surface area contributed by atoms with Gasteiger partial charge < -0.3 is 10.1 Å². The molecule has 2 aromatic carbocycles. The summed E-state index contributed by atoms with van der Waals surface area (Å²) in [5, 5.41) is 3.16. The van der Waals surface area contributed by atoms with Gasteiger partial charge in [-0.05, 0) is 42.3 Å². The Morgan fingerprint density at radius 2 is 1.96 bits per heavy atom. The molecule has 0 unspecified atom stereocenters. The molecule has 1 heterocycles. The van der Waals surface area contributed by atoms with Gasteiger partial charge in [-0.15, -0.1) is 0 Å². The van der Waals surface area contributed by atoms with Gasteiger partial charge in [0.15, 0.2) is 0 Å². The Balaban J connectivity index is 1.52. The monoisotopic (exact) mass is 384 g/mol. The van der Waals surface area contributed by atoms with Gasteiger partial charge in [-0.2, -0.15) is 0 Å². The van der Waals surface area contributed by atoms with Crippen molar-refractivity contribution in [3.05, 3.63) is 88.8 Å². The topological polar surface area (TPSA) is 51.2 Å². The largest absolute Gasteiger partial charge is 0.439 e. The van der Waals surface area contributed by atoms with Gasteiger partial charge in [-0.1, -0.05) is 35.9 Å². The molecule has 0 aliphatic carbocycles. The molecule has 0 aliphatic rings. The molecule has 0 bridgehead atoms. The van der Waals surface area contributed by atoms with E-state index in [2.05, 4.69) is 10.3 Å². The van der Waals surface area contributed by atoms with Crippen molar-refractivity contribution in [2.24, 2.45) is 0 Å². The lowest BCUT2D eigenvalue weighted by Crippen LogP contribution is -2.23. The number of carbonyl (C=O) groups is 1. The molecular weight excluding hydrogens is 367 g/mol. The Labute approximate surface area is 162 Å². The molecule has 0 aliphatic heterocycles. The predicted octanol–water partition coefficient (Wildman–Crippen LogP) is 4.92. The van der Waals surface area contributed by atoms with Crippen LogP contribution in [0, 0.1) is 5.82 Å². The summed E-state index contributed by atoms with van der Waals surface area (Å²) in [6, 6.07) is 17.3. The first-order chi connectivity index (χ1) is 13.1. The van der Waals surface area contributed by atoms with Crippen molar-refractivity contribution in [2.75, 3.05) is 0 Å². The summed E-state index contributed by atoms with van der Waals surface area (Å²) in [5.41, 5.74) is 1.25. The highest BCUT2D eigenvalue weighted by Crippen LogP contribution is 2.21. The number of halogens is 2. The number of hydrogen-bond donors (Lipinski definition) is 1. The van der Waals surface area contributed by atoms with Gasteiger partial charge in [0.2, 0.25) is 11.8 Å². The van der Waals surface area contributed by atoms with E-state index in [4.69, 9.17) is 16.3 Å². The normalized spacial score (nSPS) is 10.4. The number of nitrogens with zero attached hydrogens (tertiary/aromatic N) is 1. The molecule has 3 aromatic rings. The molecule has 1 amide bonds. The van der Waals surface area contributed by atoms with Crippen LogP contribution in [0.15, 0.2) is 66.9 Å². The third kappa shape index (κ3) is 5.53. The zero-order valence-electron chi connectivity index (χ0n) is 14.5. The molecule has 1 N–H and O–H groups in total. The van der Waals surface area contributed by atoms with Gasteiger partial charge in [0.1, 0.15) is 11.6 Å². The minimum atomic E-state index is -0.394. The Morgan fingerprint density at radius 3 is 2.74 bits per heavy atom. The fourth-order valence-electron chi connectivity index (χ4n) is 2.55. The maximum absolute atomic E-state index is 13.7. The average molecular weight is 385 g/mol. The van der Waals surface area contributed by atoms with Crippen LogP contribution < -0.4 is 10.1 Å². The van der Waals surface area contributed by atoms with E-state index in [1.807, 2.05) is 36.4 Å². The highest BCUT2D eigenvalue weighted by Gasteiger charge is 2.10. The second-order valence-corrected chi connectivity index (χ2v) is 6.30. The van der Waals surface area contributed by atoms with Gasteiger partial charge in [0.25, 0.3) is 0 Å². The van der Waals surface area contributed by atoms with Gasteiger partial charge >= 0.3 is 0 Å². The number of carbonyl (C=O) groups excluding carboxylic acids is 1. The first-order valence-electron chi connectivity index (χ1n) is 8.49. The molecule has 0 radical (unpaired) electrons. The van der Waals surface area contributed by atoms with Gasteiger partial charge in [-0.3, -0.25) is 4.79 Å². The molecule has 0 saturated carbocycles. The molecule has 0 fully saturated rings. The van der Waals surface area contributed by atoms with E-state index in [1.165, 1.54) is 6.07 Å². The number of benzene rings is 2. The van der Waals surface area contributed by atoms with Crippen molar-refractivity contribution in [1.82, 2.24) is 10.3 Å². The fraction of sp³-hybridized carbons (Fsp3) is 0.143. The van der Waals surface area contributed by atoms with E-state index in [1.54, 1.807) is 24.4 Å². The number of ether oxygens (including phenoxy) is 1. The van der Waals surface area contributed by atoms with Crippen molar-refractivity contribution in [1.29, 1.82) is 0 Å². The van der Waals surface area contributed by atoms with Crippen LogP contribution in [0.1, 0.15) is 17.5 Å². The van der Waals surface area contributed by atoms with Crippen LogP contribution in [0.5, 0.6) is 11.6 Å². The molecule has 0 spiro atoms. The minimum Gasteiger partial charge on any atom is -0.439 e. The van der Waals surface area contributed by atoms with Gasteiger partial charge in [-0.25, -0.2) is 9.37 Å². The Kier molecular flexibility index (Phi) is 6.39. The molecule has 0 atom stereocenters. The first-order valence-corrected chi connectivity index (χ1v) is 8.87. The van der Waals surface area contributed by atoms with Crippen LogP contribution in [0.4, 0.5) is 4.39 Å². The van der Waals surface area contributed by atoms with Crippen LogP contribution in [0.25, 0.3) is 0 Å². The molecular formula is C21H18ClFN2O2. The van der Waals surface area contributed by atoms with E-state index in [-0.39, 0.29) is 18.7 Å². The predicted molar refractivity (Wildman–Crippen MR) is 102 cm³/mol. The second-order valence-electron chi connectivity index (χ2n) is 5.89. The molecule has 27 heavy (non-hydrogen) atoms. The number of hydrogen-bond acceptors (Lipinski definition) is 3. The Morgan fingerprint density at radius 1 is 1.11 bits per heavy atom. The van der Waals surface area contributed by atoms with Crippen molar-refractivity contribution in [3.63, 3.8) is 0 Å². The van der Waals surface area contributed by atoms with E-state index < -0.39 is 5.82 Å². The van der Waals surface area contributed by atoms with E-state index in [0.29, 0.717) is 28.8 Å². The summed E-state index contributed by atoms with van der Waals surface area (Å²) < 4.78 is 19.4. The third-order valence-corrected chi connectivity index (χ3v) is 4.27. The Hall–Kier alpha value is -2.92.